The van der Waals surface area contributed by atoms with E-state index in [2.05, 4.69) is 55.2 Å². The Morgan fingerprint density at radius 2 is 1.79 bits per heavy atom. The molecule has 3 nitrogen and oxygen atoms in total. The molecule has 0 fully saturated rings. The minimum absolute atomic E-state index is 0.0105. The molecular weight excluding hydrogens is 236 g/mol. The van der Waals surface area contributed by atoms with Crippen molar-refractivity contribution in [3.05, 3.63) is 57.0 Å². The van der Waals surface area contributed by atoms with Gasteiger partial charge in [0.1, 0.15) is 0 Å². The molecule has 0 aliphatic carbocycles. The van der Waals surface area contributed by atoms with E-state index in [1.807, 2.05) is 0 Å². The zero-order valence-corrected chi connectivity index (χ0v) is 11.9. The first-order valence-electron chi connectivity index (χ1n) is 6.99. The first-order chi connectivity index (χ1) is 9.11. The van der Waals surface area contributed by atoms with Gasteiger partial charge in [-0.25, -0.2) is 0 Å². The molecule has 0 bridgehead atoms. The van der Waals surface area contributed by atoms with Crippen molar-refractivity contribution < 1.29 is 0 Å². The van der Waals surface area contributed by atoms with E-state index in [9.17, 15) is 4.79 Å². The molecule has 3 heteroatoms. The Hall–Kier alpha value is -1.77. The number of aromatic amines is 2. The number of rotatable bonds is 5. The molecule has 0 amide bonds. The van der Waals surface area contributed by atoms with Crippen LogP contribution in [0.1, 0.15) is 55.5 Å². The lowest BCUT2D eigenvalue weighted by molar-refractivity contribution is 0.854. The Balaban J connectivity index is 2.21. The fourth-order valence-corrected chi connectivity index (χ4v) is 2.30. The Kier molecular flexibility index (Phi) is 4.25. The molecule has 2 rings (SSSR count). The summed E-state index contributed by atoms with van der Waals surface area (Å²) in [6.07, 6.45) is 2.65. The van der Waals surface area contributed by atoms with Gasteiger partial charge in [-0.2, -0.15) is 0 Å². The molecule has 0 atom stereocenters. The molecule has 0 radical (unpaired) electrons. The number of nitrogens with one attached hydrogen (secondary N) is 2. The summed E-state index contributed by atoms with van der Waals surface area (Å²) in [4.78, 5) is 11.8. The first kappa shape index (κ1) is 13.7. The molecule has 102 valence electrons. The molecule has 19 heavy (non-hydrogen) atoms. The Morgan fingerprint density at radius 3 is 2.37 bits per heavy atom. The molecule has 2 N–H and O–H groups in total. The van der Waals surface area contributed by atoms with Crippen molar-refractivity contribution in [3.63, 3.8) is 0 Å². The van der Waals surface area contributed by atoms with Gasteiger partial charge in [0.05, 0.1) is 0 Å². The first-order valence-corrected chi connectivity index (χ1v) is 6.99. The molecule has 2 aromatic rings. The van der Waals surface area contributed by atoms with E-state index in [0.29, 0.717) is 12.3 Å². The summed E-state index contributed by atoms with van der Waals surface area (Å²) in [5.41, 5.74) is 4.45. The molecular formula is C16H22N2O. The molecule has 0 unspecified atom stereocenters. The summed E-state index contributed by atoms with van der Waals surface area (Å²) in [5.74, 6) is 0.542. The number of hydrogen-bond donors (Lipinski definition) is 2. The van der Waals surface area contributed by atoms with Gasteiger partial charge < -0.3 is 5.10 Å². The van der Waals surface area contributed by atoms with Crippen LogP contribution in [0.5, 0.6) is 0 Å². The standard InChI is InChI=1S/C16H22N2O/c1-4-5-15-14(16(19)18-17-15)10-12-6-8-13(9-7-12)11(2)3/h6-9,11H,4-5,10H2,1-3H3,(H2,17,18,19). The predicted octanol–water partition coefficient (Wildman–Crippen LogP) is 3.37. The van der Waals surface area contributed by atoms with Gasteiger partial charge in [0, 0.05) is 17.7 Å². The van der Waals surface area contributed by atoms with E-state index >= 15 is 0 Å². The predicted molar refractivity (Wildman–Crippen MR) is 78.7 cm³/mol. The van der Waals surface area contributed by atoms with Gasteiger partial charge >= 0.3 is 0 Å². The largest absolute Gasteiger partial charge is 0.302 e. The zero-order chi connectivity index (χ0) is 13.8. The highest BCUT2D eigenvalue weighted by Gasteiger charge is 2.10. The van der Waals surface area contributed by atoms with E-state index in [4.69, 9.17) is 0 Å². The van der Waals surface area contributed by atoms with Crippen LogP contribution in [0.2, 0.25) is 0 Å². The van der Waals surface area contributed by atoms with Gasteiger partial charge in [-0.15, -0.1) is 0 Å². The van der Waals surface area contributed by atoms with Crippen LogP contribution in [0, 0.1) is 0 Å². The summed E-state index contributed by atoms with van der Waals surface area (Å²) >= 11 is 0. The second-order valence-electron chi connectivity index (χ2n) is 5.36. The summed E-state index contributed by atoms with van der Waals surface area (Å²) < 4.78 is 0. The lowest BCUT2D eigenvalue weighted by Gasteiger charge is -2.07. The molecule has 0 aliphatic rings. The monoisotopic (exact) mass is 258 g/mol. The topological polar surface area (TPSA) is 48.6 Å². The maximum Gasteiger partial charge on any atom is 0.267 e. The van der Waals surface area contributed by atoms with E-state index in [1.54, 1.807) is 0 Å². The van der Waals surface area contributed by atoms with Crippen molar-refractivity contribution in [2.24, 2.45) is 0 Å². The van der Waals surface area contributed by atoms with Crippen LogP contribution in [0.25, 0.3) is 0 Å². The van der Waals surface area contributed by atoms with E-state index in [-0.39, 0.29) is 5.56 Å². The highest BCUT2D eigenvalue weighted by molar-refractivity contribution is 5.30. The van der Waals surface area contributed by atoms with Crippen molar-refractivity contribution in [1.29, 1.82) is 0 Å². The van der Waals surface area contributed by atoms with Crippen molar-refractivity contribution in [2.75, 3.05) is 0 Å². The SMILES string of the molecule is CCCc1[nH][nH]c(=O)c1Cc1ccc(C(C)C)cc1. The van der Waals surface area contributed by atoms with Crippen LogP contribution in [0.3, 0.4) is 0 Å². The van der Waals surface area contributed by atoms with E-state index in [0.717, 1.165) is 24.1 Å². The van der Waals surface area contributed by atoms with Gasteiger partial charge in [-0.3, -0.25) is 9.89 Å². The van der Waals surface area contributed by atoms with Crippen LogP contribution in [0.4, 0.5) is 0 Å². The van der Waals surface area contributed by atoms with Gasteiger partial charge in [-0.05, 0) is 23.5 Å². The fraction of sp³-hybridized carbons (Fsp3) is 0.438. The van der Waals surface area contributed by atoms with Gasteiger partial charge in [-0.1, -0.05) is 51.5 Å². The molecule has 1 aromatic carbocycles. The maximum absolute atomic E-state index is 11.8. The number of aromatic nitrogens is 2. The van der Waals surface area contributed by atoms with Crippen molar-refractivity contribution in [2.45, 2.75) is 46.0 Å². The Morgan fingerprint density at radius 1 is 1.11 bits per heavy atom. The summed E-state index contributed by atoms with van der Waals surface area (Å²) in [6, 6.07) is 8.55. The zero-order valence-electron chi connectivity index (χ0n) is 11.9. The molecule has 0 saturated carbocycles. The number of H-pyrrole nitrogens is 2. The minimum atomic E-state index is 0.0105. The summed E-state index contributed by atoms with van der Waals surface area (Å²) in [7, 11) is 0. The van der Waals surface area contributed by atoms with Crippen LogP contribution in [-0.2, 0) is 12.8 Å². The number of benzene rings is 1. The summed E-state index contributed by atoms with van der Waals surface area (Å²) in [6.45, 7) is 6.49. The normalized spacial score (nSPS) is 11.2. The Labute approximate surface area is 114 Å². The molecule has 0 spiro atoms. The third-order valence-corrected chi connectivity index (χ3v) is 3.49. The highest BCUT2D eigenvalue weighted by atomic mass is 16.1. The summed E-state index contributed by atoms with van der Waals surface area (Å²) in [5, 5.41) is 5.68. The Bertz CT molecular complexity index is 576. The molecule has 1 aromatic heterocycles. The number of hydrogen-bond acceptors (Lipinski definition) is 1. The smallest absolute Gasteiger partial charge is 0.267 e. The highest BCUT2D eigenvalue weighted by Crippen LogP contribution is 2.17. The molecule has 0 aliphatic heterocycles. The average molecular weight is 258 g/mol. The van der Waals surface area contributed by atoms with E-state index in [1.165, 1.54) is 11.1 Å². The lowest BCUT2D eigenvalue weighted by atomic mass is 9.98. The van der Waals surface area contributed by atoms with Crippen LogP contribution >= 0.6 is 0 Å². The molecule has 0 saturated heterocycles. The van der Waals surface area contributed by atoms with Crippen LogP contribution < -0.4 is 5.56 Å². The maximum atomic E-state index is 11.8. The van der Waals surface area contributed by atoms with Crippen molar-refractivity contribution in [3.8, 4) is 0 Å². The second-order valence-corrected chi connectivity index (χ2v) is 5.36. The second kappa shape index (κ2) is 5.91. The number of aryl methyl sites for hydroxylation is 1. The van der Waals surface area contributed by atoms with Gasteiger partial charge in [0.2, 0.25) is 0 Å². The third kappa shape index (κ3) is 3.16. The van der Waals surface area contributed by atoms with Crippen LogP contribution in [0.15, 0.2) is 29.1 Å². The van der Waals surface area contributed by atoms with E-state index < -0.39 is 0 Å². The van der Waals surface area contributed by atoms with Gasteiger partial charge in [0.25, 0.3) is 5.56 Å². The molecule has 1 heterocycles. The average Bonchev–Trinajstić information content (AvgIpc) is 2.73. The van der Waals surface area contributed by atoms with Crippen molar-refractivity contribution >= 4 is 0 Å². The lowest BCUT2D eigenvalue weighted by Crippen LogP contribution is -2.07. The van der Waals surface area contributed by atoms with Crippen molar-refractivity contribution in [1.82, 2.24) is 10.2 Å². The fourth-order valence-electron chi connectivity index (χ4n) is 2.30. The minimum Gasteiger partial charge on any atom is -0.302 e. The third-order valence-electron chi connectivity index (χ3n) is 3.49. The van der Waals surface area contributed by atoms with Crippen LogP contribution in [-0.4, -0.2) is 10.2 Å². The van der Waals surface area contributed by atoms with Gasteiger partial charge in [0.15, 0.2) is 0 Å². The quantitative estimate of drug-likeness (QED) is 0.848.